The average molecular weight is 275 g/mol. The van der Waals surface area contributed by atoms with Crippen molar-refractivity contribution in [2.45, 2.75) is 33.8 Å². The van der Waals surface area contributed by atoms with E-state index in [1.54, 1.807) is 6.07 Å². The van der Waals surface area contributed by atoms with Crippen LogP contribution in [-0.2, 0) is 11.4 Å². The molecule has 0 fully saturated rings. The number of hydrogen-bond donors (Lipinski definition) is 1. The van der Waals surface area contributed by atoms with Gasteiger partial charge in [-0.3, -0.25) is 0 Å². The van der Waals surface area contributed by atoms with Crippen LogP contribution in [0.5, 0.6) is 0 Å². The van der Waals surface area contributed by atoms with E-state index in [4.69, 9.17) is 4.84 Å². The smallest absolute Gasteiger partial charge is 0.365 e. The first kappa shape index (κ1) is 14.0. The van der Waals surface area contributed by atoms with Crippen molar-refractivity contribution in [3.63, 3.8) is 0 Å². The van der Waals surface area contributed by atoms with Crippen LogP contribution in [0.3, 0.4) is 0 Å². The number of nitrogens with zero attached hydrogens (tertiary/aromatic N) is 4. The number of aromatic nitrogens is 4. The molecule has 0 unspecified atom stereocenters. The van der Waals surface area contributed by atoms with Crippen LogP contribution < -0.4 is 5.69 Å². The molecule has 0 aliphatic rings. The number of H-pyrrole nitrogens is 1. The number of hydrogen-bond acceptors (Lipinski definition) is 5. The Labute approximate surface area is 116 Å². The monoisotopic (exact) mass is 275 g/mol. The topological polar surface area (TPSA) is 85.2 Å². The first-order valence-electron chi connectivity index (χ1n) is 6.38. The number of nitrogens with one attached hydrogen (secondary N) is 1. The second-order valence-corrected chi connectivity index (χ2v) is 4.44. The molecule has 106 valence electrons. The van der Waals surface area contributed by atoms with Gasteiger partial charge in [-0.2, -0.15) is 4.68 Å². The van der Waals surface area contributed by atoms with Crippen LogP contribution in [-0.4, -0.2) is 25.9 Å². The van der Waals surface area contributed by atoms with E-state index < -0.39 is 0 Å². The van der Waals surface area contributed by atoms with Crippen molar-refractivity contribution in [2.24, 2.45) is 5.16 Å². The SMILES string of the molecule is CCC(C)=NOCc1c(C)cccc1-n1nn[nH]c1=O. The number of benzene rings is 1. The summed E-state index contributed by atoms with van der Waals surface area (Å²) >= 11 is 0. The summed E-state index contributed by atoms with van der Waals surface area (Å²) in [6, 6.07) is 5.60. The fourth-order valence-electron chi connectivity index (χ4n) is 1.70. The highest BCUT2D eigenvalue weighted by Gasteiger charge is 2.11. The Balaban J connectivity index is 2.33. The van der Waals surface area contributed by atoms with Crippen molar-refractivity contribution in [3.05, 3.63) is 39.8 Å². The minimum absolute atomic E-state index is 0.276. The van der Waals surface area contributed by atoms with Gasteiger partial charge >= 0.3 is 5.69 Å². The fourth-order valence-corrected chi connectivity index (χ4v) is 1.70. The summed E-state index contributed by atoms with van der Waals surface area (Å²) in [7, 11) is 0. The second kappa shape index (κ2) is 6.14. The fraction of sp³-hybridized carbons (Fsp3) is 0.385. The molecule has 2 aromatic rings. The van der Waals surface area contributed by atoms with Crippen molar-refractivity contribution in [1.29, 1.82) is 0 Å². The molecular weight excluding hydrogens is 258 g/mol. The second-order valence-electron chi connectivity index (χ2n) is 4.44. The van der Waals surface area contributed by atoms with E-state index in [0.717, 1.165) is 23.3 Å². The molecule has 7 heteroatoms. The minimum Gasteiger partial charge on any atom is -0.391 e. The maximum absolute atomic E-state index is 11.6. The summed E-state index contributed by atoms with van der Waals surface area (Å²) in [4.78, 5) is 17.0. The van der Waals surface area contributed by atoms with Gasteiger partial charge in [0.15, 0.2) is 0 Å². The van der Waals surface area contributed by atoms with Crippen LogP contribution in [0.4, 0.5) is 0 Å². The van der Waals surface area contributed by atoms with Gasteiger partial charge in [0.2, 0.25) is 0 Å². The molecule has 0 saturated heterocycles. The Kier molecular flexibility index (Phi) is 4.29. The van der Waals surface area contributed by atoms with Crippen molar-refractivity contribution in [2.75, 3.05) is 0 Å². The molecule has 0 aliphatic carbocycles. The van der Waals surface area contributed by atoms with Gasteiger partial charge in [0, 0.05) is 5.56 Å². The summed E-state index contributed by atoms with van der Waals surface area (Å²) in [6.07, 6.45) is 0.837. The molecule has 20 heavy (non-hydrogen) atoms. The zero-order valence-corrected chi connectivity index (χ0v) is 11.8. The molecule has 0 atom stereocenters. The van der Waals surface area contributed by atoms with Crippen LogP contribution in [0.15, 0.2) is 28.1 Å². The molecule has 0 amide bonds. The van der Waals surface area contributed by atoms with Crippen LogP contribution >= 0.6 is 0 Å². The molecule has 2 rings (SSSR count). The van der Waals surface area contributed by atoms with Crippen molar-refractivity contribution in [3.8, 4) is 5.69 Å². The molecule has 0 bridgehead atoms. The standard InChI is InChI=1S/C13H17N5O2/c1-4-10(3)15-20-8-11-9(2)6-5-7-12(11)18-13(19)14-16-17-18/h5-7H,4,8H2,1-3H3,(H,14,17,19). The molecule has 7 nitrogen and oxygen atoms in total. The largest absolute Gasteiger partial charge is 0.391 e. The quantitative estimate of drug-likeness (QED) is 0.663. The number of oxime groups is 1. The molecule has 0 spiro atoms. The number of tetrazole rings is 1. The molecule has 1 aromatic heterocycles. The Morgan fingerprint density at radius 2 is 2.30 bits per heavy atom. The first-order valence-corrected chi connectivity index (χ1v) is 6.38. The molecule has 0 aliphatic heterocycles. The van der Waals surface area contributed by atoms with Gasteiger partial charge in [0.05, 0.1) is 11.4 Å². The van der Waals surface area contributed by atoms with Crippen LogP contribution in [0.25, 0.3) is 5.69 Å². The van der Waals surface area contributed by atoms with E-state index in [0.29, 0.717) is 5.69 Å². The number of aryl methyl sites for hydroxylation is 1. The summed E-state index contributed by atoms with van der Waals surface area (Å²) in [5.41, 5.74) is 3.04. The molecule has 1 N–H and O–H groups in total. The Bertz CT molecular complexity index is 671. The highest BCUT2D eigenvalue weighted by atomic mass is 16.6. The van der Waals surface area contributed by atoms with E-state index >= 15 is 0 Å². The Morgan fingerprint density at radius 3 is 2.95 bits per heavy atom. The lowest BCUT2D eigenvalue weighted by Gasteiger charge is -2.10. The zero-order valence-electron chi connectivity index (χ0n) is 11.8. The Morgan fingerprint density at radius 1 is 1.50 bits per heavy atom. The lowest BCUT2D eigenvalue weighted by atomic mass is 10.1. The minimum atomic E-state index is -0.384. The first-order chi connectivity index (χ1) is 9.63. The van der Waals surface area contributed by atoms with Gasteiger partial charge in [-0.25, -0.2) is 9.89 Å². The number of rotatable bonds is 5. The maximum Gasteiger partial charge on any atom is 0.365 e. The van der Waals surface area contributed by atoms with Crippen LogP contribution in [0, 0.1) is 6.92 Å². The summed E-state index contributed by atoms with van der Waals surface area (Å²) in [5.74, 6) is 0. The van der Waals surface area contributed by atoms with Gasteiger partial charge in [0.25, 0.3) is 0 Å². The van der Waals surface area contributed by atoms with Crippen LogP contribution in [0.1, 0.15) is 31.4 Å². The van der Waals surface area contributed by atoms with E-state index in [2.05, 4.69) is 20.7 Å². The van der Waals surface area contributed by atoms with Crippen molar-refractivity contribution < 1.29 is 4.84 Å². The highest BCUT2D eigenvalue weighted by Crippen LogP contribution is 2.17. The molecule has 1 aromatic carbocycles. The molecule has 1 heterocycles. The van der Waals surface area contributed by atoms with Gasteiger partial charge in [0.1, 0.15) is 6.61 Å². The van der Waals surface area contributed by atoms with Gasteiger partial charge in [-0.15, -0.1) is 0 Å². The van der Waals surface area contributed by atoms with Crippen LogP contribution in [0.2, 0.25) is 0 Å². The third kappa shape index (κ3) is 2.93. The van der Waals surface area contributed by atoms with E-state index in [9.17, 15) is 4.79 Å². The van der Waals surface area contributed by atoms with E-state index in [-0.39, 0.29) is 12.3 Å². The van der Waals surface area contributed by atoms with Gasteiger partial charge < -0.3 is 4.84 Å². The van der Waals surface area contributed by atoms with Crippen molar-refractivity contribution >= 4 is 5.71 Å². The predicted octanol–water partition coefficient (Wildman–Crippen LogP) is 1.57. The maximum atomic E-state index is 11.6. The number of aromatic amines is 1. The average Bonchev–Trinajstić information content (AvgIpc) is 2.86. The molecular formula is C13H17N5O2. The lowest BCUT2D eigenvalue weighted by Crippen LogP contribution is -2.18. The molecule has 0 saturated carbocycles. The summed E-state index contributed by atoms with van der Waals surface area (Å²) in [6.45, 7) is 6.14. The van der Waals surface area contributed by atoms with Gasteiger partial charge in [-0.05, 0) is 42.3 Å². The summed E-state index contributed by atoms with van der Waals surface area (Å²) < 4.78 is 1.21. The Hall–Kier alpha value is -2.44. The normalized spacial score (nSPS) is 11.7. The molecule has 0 radical (unpaired) electrons. The predicted molar refractivity (Wildman–Crippen MR) is 74.9 cm³/mol. The highest BCUT2D eigenvalue weighted by molar-refractivity contribution is 5.80. The third-order valence-corrected chi connectivity index (χ3v) is 3.03. The summed E-state index contributed by atoms with van der Waals surface area (Å²) in [5, 5.41) is 13.5. The lowest BCUT2D eigenvalue weighted by molar-refractivity contribution is 0.129. The van der Waals surface area contributed by atoms with Gasteiger partial charge in [-0.1, -0.05) is 24.2 Å². The van der Waals surface area contributed by atoms with E-state index in [1.165, 1.54) is 4.68 Å². The third-order valence-electron chi connectivity index (χ3n) is 3.03. The zero-order chi connectivity index (χ0) is 14.5. The van der Waals surface area contributed by atoms with Crippen molar-refractivity contribution in [1.82, 2.24) is 20.2 Å². The van der Waals surface area contributed by atoms with E-state index in [1.807, 2.05) is 32.9 Å².